The van der Waals surface area contributed by atoms with Crippen molar-refractivity contribution < 1.29 is 8.78 Å². The number of nitrogens with zero attached hydrogens (tertiary/aromatic N) is 2. The number of likely N-dealkylation sites (N-methyl/N-ethyl adjacent to an activating group) is 1. The molecule has 0 fully saturated rings. The van der Waals surface area contributed by atoms with Crippen molar-refractivity contribution in [1.82, 2.24) is 4.90 Å². The van der Waals surface area contributed by atoms with Gasteiger partial charge in [0.1, 0.15) is 11.6 Å². The number of nitriles is 1. The highest BCUT2D eigenvalue weighted by molar-refractivity contribution is 5.18. The molecule has 92 valence electrons. The molecule has 0 saturated heterocycles. The van der Waals surface area contributed by atoms with E-state index in [0.29, 0.717) is 24.9 Å². The lowest BCUT2D eigenvalue weighted by Gasteiger charge is -2.15. The van der Waals surface area contributed by atoms with Crippen molar-refractivity contribution in [3.63, 3.8) is 0 Å². The molecule has 0 aliphatic carbocycles. The zero-order chi connectivity index (χ0) is 12.7. The zero-order valence-electron chi connectivity index (χ0n) is 9.92. The summed E-state index contributed by atoms with van der Waals surface area (Å²) in [6.45, 7) is 1.52. The first-order valence-electron chi connectivity index (χ1n) is 5.63. The maximum atomic E-state index is 13.3. The van der Waals surface area contributed by atoms with Crippen molar-refractivity contribution in [3.05, 3.63) is 35.4 Å². The highest BCUT2D eigenvalue weighted by Gasteiger charge is 2.05. The maximum absolute atomic E-state index is 13.3. The van der Waals surface area contributed by atoms with E-state index >= 15 is 0 Å². The van der Waals surface area contributed by atoms with E-state index in [1.165, 1.54) is 12.1 Å². The molecule has 0 unspecified atom stereocenters. The molecule has 0 saturated carbocycles. The molecule has 0 aromatic heterocycles. The smallest absolute Gasteiger partial charge is 0.129 e. The van der Waals surface area contributed by atoms with Gasteiger partial charge in [-0.3, -0.25) is 0 Å². The van der Waals surface area contributed by atoms with Crippen molar-refractivity contribution in [2.45, 2.75) is 19.3 Å². The molecule has 1 rings (SSSR count). The number of unbranched alkanes of at least 4 members (excludes halogenated alkanes) is 1. The molecule has 0 bridgehead atoms. The average molecular weight is 238 g/mol. The van der Waals surface area contributed by atoms with Gasteiger partial charge in [0.15, 0.2) is 0 Å². The van der Waals surface area contributed by atoms with Crippen LogP contribution in [0.3, 0.4) is 0 Å². The Bertz CT molecular complexity index is 399. The van der Waals surface area contributed by atoms with Gasteiger partial charge in [-0.25, -0.2) is 8.78 Å². The van der Waals surface area contributed by atoms with Crippen LogP contribution in [-0.2, 0) is 6.42 Å². The minimum atomic E-state index is -0.548. The highest BCUT2D eigenvalue weighted by Crippen LogP contribution is 2.10. The van der Waals surface area contributed by atoms with Crippen LogP contribution in [0.1, 0.15) is 18.4 Å². The molecule has 4 heteroatoms. The number of hydrogen-bond acceptors (Lipinski definition) is 2. The van der Waals surface area contributed by atoms with Crippen LogP contribution in [0.15, 0.2) is 18.2 Å². The maximum Gasteiger partial charge on any atom is 0.129 e. The summed E-state index contributed by atoms with van der Waals surface area (Å²) in [6.07, 6.45) is 1.91. The Balaban J connectivity index is 2.37. The van der Waals surface area contributed by atoms with Crippen molar-refractivity contribution in [2.75, 3.05) is 20.1 Å². The Labute approximate surface area is 100 Å². The lowest BCUT2D eigenvalue weighted by atomic mass is 10.1. The minimum Gasteiger partial charge on any atom is -0.306 e. The molecule has 1 aromatic rings. The normalized spacial score (nSPS) is 10.5. The summed E-state index contributed by atoms with van der Waals surface area (Å²) in [6, 6.07) is 5.74. The van der Waals surface area contributed by atoms with Gasteiger partial charge in [-0.2, -0.15) is 5.26 Å². The number of halogens is 2. The molecule has 0 spiro atoms. The quantitative estimate of drug-likeness (QED) is 0.712. The first kappa shape index (κ1) is 13.6. The topological polar surface area (TPSA) is 27.0 Å². The minimum absolute atomic E-state index is 0.490. The molecule has 0 N–H and O–H groups in total. The van der Waals surface area contributed by atoms with Gasteiger partial charge in [0.25, 0.3) is 0 Å². The molecule has 0 heterocycles. The fourth-order valence-electron chi connectivity index (χ4n) is 1.58. The third-order valence-corrected chi connectivity index (χ3v) is 2.61. The molecule has 17 heavy (non-hydrogen) atoms. The Hall–Kier alpha value is -1.47. The van der Waals surface area contributed by atoms with Gasteiger partial charge in [0.05, 0.1) is 6.07 Å². The lowest BCUT2D eigenvalue weighted by molar-refractivity contribution is 0.333. The van der Waals surface area contributed by atoms with Gasteiger partial charge in [0, 0.05) is 19.0 Å². The van der Waals surface area contributed by atoms with Crippen molar-refractivity contribution in [1.29, 1.82) is 5.26 Å². The van der Waals surface area contributed by atoms with Crippen molar-refractivity contribution in [2.24, 2.45) is 0 Å². The Morgan fingerprint density at radius 1 is 1.29 bits per heavy atom. The van der Waals surface area contributed by atoms with Crippen LogP contribution in [0.2, 0.25) is 0 Å². The molecule has 0 aliphatic heterocycles. The summed E-state index contributed by atoms with van der Waals surface area (Å²) >= 11 is 0. The summed E-state index contributed by atoms with van der Waals surface area (Å²) in [5.41, 5.74) is 0.526. The van der Waals surface area contributed by atoms with Crippen molar-refractivity contribution >= 4 is 0 Å². The molecule has 0 aliphatic rings. The molecule has 0 radical (unpaired) electrons. The van der Waals surface area contributed by atoms with Crippen LogP contribution in [0.5, 0.6) is 0 Å². The van der Waals surface area contributed by atoms with E-state index in [4.69, 9.17) is 5.26 Å². The van der Waals surface area contributed by atoms with E-state index in [1.807, 2.05) is 11.9 Å². The van der Waals surface area contributed by atoms with Crippen LogP contribution in [0.25, 0.3) is 0 Å². The van der Waals surface area contributed by atoms with Gasteiger partial charge in [-0.15, -0.1) is 0 Å². The fourth-order valence-corrected chi connectivity index (χ4v) is 1.58. The number of hydrogen-bond donors (Lipinski definition) is 0. The van der Waals surface area contributed by atoms with Crippen LogP contribution < -0.4 is 0 Å². The monoisotopic (exact) mass is 238 g/mol. The second-order valence-corrected chi connectivity index (χ2v) is 4.05. The average Bonchev–Trinajstić information content (AvgIpc) is 2.28. The second kappa shape index (κ2) is 6.97. The predicted molar refractivity (Wildman–Crippen MR) is 62.4 cm³/mol. The van der Waals surface area contributed by atoms with E-state index in [2.05, 4.69) is 6.07 Å². The van der Waals surface area contributed by atoms with Gasteiger partial charge < -0.3 is 4.90 Å². The van der Waals surface area contributed by atoms with Crippen LogP contribution in [-0.4, -0.2) is 25.0 Å². The molecular weight excluding hydrogens is 222 g/mol. The molecule has 0 amide bonds. The molecular formula is C13H16F2N2. The first-order chi connectivity index (χ1) is 8.13. The first-order valence-corrected chi connectivity index (χ1v) is 5.63. The van der Waals surface area contributed by atoms with E-state index < -0.39 is 11.6 Å². The van der Waals surface area contributed by atoms with Gasteiger partial charge in [0.2, 0.25) is 0 Å². The second-order valence-electron chi connectivity index (χ2n) is 4.05. The Morgan fingerprint density at radius 3 is 2.71 bits per heavy atom. The Kier molecular flexibility index (Phi) is 5.58. The van der Waals surface area contributed by atoms with Crippen LogP contribution in [0.4, 0.5) is 8.78 Å². The third-order valence-electron chi connectivity index (χ3n) is 2.61. The van der Waals surface area contributed by atoms with Gasteiger partial charge >= 0.3 is 0 Å². The predicted octanol–water partition coefficient (Wildman–Crippen LogP) is 2.74. The van der Waals surface area contributed by atoms with Crippen LogP contribution in [0, 0.1) is 23.0 Å². The summed E-state index contributed by atoms with van der Waals surface area (Å²) < 4.78 is 26.0. The standard InChI is InChI=1S/C13H16F2N2/c1-17(8-3-2-7-16)9-6-11-4-5-12(14)10-13(11)15/h4-5,10H,2-3,6,8-9H2,1H3. The number of rotatable bonds is 6. The summed E-state index contributed by atoms with van der Waals surface area (Å²) in [7, 11) is 1.93. The molecule has 1 aromatic carbocycles. The number of benzene rings is 1. The summed E-state index contributed by atoms with van der Waals surface area (Å²) in [5, 5.41) is 8.40. The summed E-state index contributed by atoms with van der Waals surface area (Å²) in [5.74, 6) is -1.04. The van der Waals surface area contributed by atoms with E-state index in [1.54, 1.807) is 0 Å². The zero-order valence-corrected chi connectivity index (χ0v) is 9.92. The van der Waals surface area contributed by atoms with E-state index in [9.17, 15) is 8.78 Å². The van der Waals surface area contributed by atoms with E-state index in [0.717, 1.165) is 19.0 Å². The Morgan fingerprint density at radius 2 is 2.06 bits per heavy atom. The summed E-state index contributed by atoms with van der Waals surface area (Å²) in [4.78, 5) is 2.04. The van der Waals surface area contributed by atoms with Crippen LogP contribution >= 0.6 is 0 Å². The lowest BCUT2D eigenvalue weighted by Crippen LogP contribution is -2.22. The van der Waals surface area contributed by atoms with E-state index in [-0.39, 0.29) is 0 Å². The SMILES string of the molecule is CN(CCCC#N)CCc1ccc(F)cc1F. The van der Waals surface area contributed by atoms with Crippen molar-refractivity contribution in [3.8, 4) is 6.07 Å². The largest absolute Gasteiger partial charge is 0.306 e. The van der Waals surface area contributed by atoms with Gasteiger partial charge in [-0.05, 0) is 38.1 Å². The molecule has 2 nitrogen and oxygen atoms in total. The third kappa shape index (κ3) is 4.92. The van der Waals surface area contributed by atoms with Gasteiger partial charge in [-0.1, -0.05) is 6.07 Å². The highest BCUT2D eigenvalue weighted by atomic mass is 19.1. The fraction of sp³-hybridized carbons (Fsp3) is 0.462. The molecule has 0 atom stereocenters.